The Balaban J connectivity index is 1.38. The highest BCUT2D eigenvalue weighted by atomic mass is 19.4. The second-order valence-corrected chi connectivity index (χ2v) is 8.78. The van der Waals surface area contributed by atoms with Gasteiger partial charge in [0.15, 0.2) is 11.4 Å². The lowest BCUT2D eigenvalue weighted by molar-refractivity contribution is -0.143. The molecule has 190 valence electrons. The van der Waals surface area contributed by atoms with E-state index in [0.29, 0.717) is 25.7 Å². The maximum atomic E-state index is 13.5. The Morgan fingerprint density at radius 2 is 1.89 bits per heavy atom. The van der Waals surface area contributed by atoms with Gasteiger partial charge in [-0.1, -0.05) is 0 Å². The predicted molar refractivity (Wildman–Crippen MR) is 127 cm³/mol. The van der Waals surface area contributed by atoms with Crippen molar-refractivity contribution < 1.29 is 22.6 Å². The number of fused-ring (bicyclic) bond motifs is 1. The molecule has 9 nitrogen and oxygen atoms in total. The summed E-state index contributed by atoms with van der Waals surface area (Å²) in [5.74, 6) is 0.341. The zero-order valence-electron chi connectivity index (χ0n) is 20.1. The van der Waals surface area contributed by atoms with Crippen LogP contribution in [0.3, 0.4) is 0 Å². The molecule has 4 heterocycles. The first-order valence-corrected chi connectivity index (χ1v) is 11.6. The summed E-state index contributed by atoms with van der Waals surface area (Å²) in [6.45, 7) is 0. The largest absolute Gasteiger partial charge is 0.488 e. The maximum absolute atomic E-state index is 13.5. The number of anilines is 1. The number of nitrogens with zero attached hydrogens (tertiary/aromatic N) is 6. The molecule has 4 aromatic heterocycles. The minimum Gasteiger partial charge on any atom is -0.488 e. The van der Waals surface area contributed by atoms with E-state index in [2.05, 4.69) is 20.4 Å². The van der Waals surface area contributed by atoms with Crippen LogP contribution in [0.15, 0.2) is 36.8 Å². The number of hydrogen-bond donors (Lipinski definition) is 1. The second-order valence-electron chi connectivity index (χ2n) is 8.78. The number of alkyl halides is 3. The van der Waals surface area contributed by atoms with Gasteiger partial charge in [0, 0.05) is 49.6 Å². The van der Waals surface area contributed by atoms with Gasteiger partial charge in [-0.15, -0.1) is 0 Å². The highest BCUT2D eigenvalue weighted by molar-refractivity contribution is 5.93. The molecule has 36 heavy (non-hydrogen) atoms. The Morgan fingerprint density at radius 3 is 2.53 bits per heavy atom. The molecular weight excluding hydrogens is 475 g/mol. The number of aryl methyl sites for hydroxylation is 1. The van der Waals surface area contributed by atoms with Gasteiger partial charge in [-0.2, -0.15) is 23.4 Å². The first-order valence-electron chi connectivity index (χ1n) is 11.6. The Morgan fingerprint density at radius 1 is 1.11 bits per heavy atom. The van der Waals surface area contributed by atoms with E-state index in [4.69, 9.17) is 14.6 Å². The molecule has 1 aliphatic carbocycles. The number of ether oxygens (including phenoxy) is 2. The monoisotopic (exact) mass is 501 g/mol. The molecule has 0 bridgehead atoms. The number of halogens is 3. The molecular formula is C24H26F3N7O2. The van der Waals surface area contributed by atoms with Gasteiger partial charge in [-0.25, -0.2) is 9.97 Å². The van der Waals surface area contributed by atoms with Crippen LogP contribution in [0.25, 0.3) is 22.2 Å². The Hall–Kier alpha value is -3.83. The number of hydrogen-bond acceptors (Lipinski definition) is 7. The molecule has 0 unspecified atom stereocenters. The number of nitrogens with one attached hydrogen (secondary N) is 1. The highest BCUT2D eigenvalue weighted by Gasteiger charge is 2.38. The standard InChI is InChI=1S/C24H26F3N7O2/c1-28-20-10-18-17(12-29-20)22(14-11-30-33(2)13-14)32-34(18)15-4-6-16(7-5-15)36-19-8-9-21(35-3)31-23(19)24(25,26)27/h8-13,15-16H,4-7H2,1-3H3,(H,28,29). The van der Waals surface area contributed by atoms with Crippen LogP contribution in [0, 0.1) is 0 Å². The summed E-state index contributed by atoms with van der Waals surface area (Å²) in [5.41, 5.74) is 1.56. The van der Waals surface area contributed by atoms with Crippen molar-refractivity contribution in [3.8, 4) is 22.9 Å². The molecule has 0 amide bonds. The van der Waals surface area contributed by atoms with E-state index in [-0.39, 0.29) is 23.8 Å². The number of aromatic nitrogens is 6. The Kier molecular flexibility index (Phi) is 6.19. The van der Waals surface area contributed by atoms with Gasteiger partial charge in [0.05, 0.1) is 31.0 Å². The van der Waals surface area contributed by atoms with Crippen molar-refractivity contribution in [2.45, 2.75) is 44.0 Å². The molecule has 5 rings (SSSR count). The molecule has 0 radical (unpaired) electrons. The quantitative estimate of drug-likeness (QED) is 0.404. The average molecular weight is 502 g/mol. The second kappa shape index (κ2) is 9.32. The van der Waals surface area contributed by atoms with E-state index < -0.39 is 11.9 Å². The van der Waals surface area contributed by atoms with Gasteiger partial charge in [0.25, 0.3) is 0 Å². The third kappa shape index (κ3) is 4.54. The Labute approximate surface area is 205 Å². The van der Waals surface area contributed by atoms with Gasteiger partial charge in [-0.05, 0) is 31.7 Å². The lowest BCUT2D eigenvalue weighted by atomic mass is 9.93. The molecule has 1 saturated carbocycles. The van der Waals surface area contributed by atoms with Crippen LogP contribution in [0.2, 0.25) is 0 Å². The van der Waals surface area contributed by atoms with E-state index >= 15 is 0 Å². The summed E-state index contributed by atoms with van der Waals surface area (Å²) in [5, 5.41) is 13.2. The molecule has 0 saturated heterocycles. The average Bonchev–Trinajstić information content (AvgIpc) is 3.47. The molecule has 1 fully saturated rings. The summed E-state index contributed by atoms with van der Waals surface area (Å²) in [4.78, 5) is 8.03. The predicted octanol–water partition coefficient (Wildman–Crippen LogP) is 4.86. The molecule has 0 atom stereocenters. The van der Waals surface area contributed by atoms with Gasteiger partial charge < -0.3 is 14.8 Å². The summed E-state index contributed by atoms with van der Waals surface area (Å²) >= 11 is 0. The summed E-state index contributed by atoms with van der Waals surface area (Å²) < 4.78 is 55.0. The lowest BCUT2D eigenvalue weighted by Crippen LogP contribution is -2.27. The topological polar surface area (TPSA) is 91.9 Å². The first-order chi connectivity index (χ1) is 17.3. The van der Waals surface area contributed by atoms with Crippen molar-refractivity contribution >= 4 is 16.7 Å². The molecule has 12 heteroatoms. The molecule has 0 spiro atoms. The van der Waals surface area contributed by atoms with Crippen LogP contribution in [0.1, 0.15) is 37.4 Å². The zero-order chi connectivity index (χ0) is 25.4. The SMILES string of the molecule is CNc1cc2c(cn1)c(-c1cnn(C)c1)nn2C1CCC(Oc2ccc(OC)nc2C(F)(F)F)CC1. The Bertz CT molecular complexity index is 1370. The van der Waals surface area contributed by atoms with Crippen molar-refractivity contribution in [2.24, 2.45) is 7.05 Å². The fourth-order valence-electron chi connectivity index (χ4n) is 4.63. The van der Waals surface area contributed by atoms with Crippen LogP contribution in [-0.4, -0.2) is 49.8 Å². The minimum absolute atomic E-state index is 0.0703. The fourth-order valence-corrected chi connectivity index (χ4v) is 4.63. The molecule has 4 aromatic rings. The number of pyridine rings is 2. The van der Waals surface area contributed by atoms with Crippen LogP contribution in [0.4, 0.5) is 19.0 Å². The van der Waals surface area contributed by atoms with Crippen molar-refractivity contribution in [3.63, 3.8) is 0 Å². The van der Waals surface area contributed by atoms with Crippen molar-refractivity contribution in [2.75, 3.05) is 19.5 Å². The van der Waals surface area contributed by atoms with Gasteiger partial charge in [0.1, 0.15) is 11.5 Å². The first kappa shape index (κ1) is 23.9. The van der Waals surface area contributed by atoms with Crippen LogP contribution in [-0.2, 0) is 13.2 Å². The van der Waals surface area contributed by atoms with Gasteiger partial charge in [0.2, 0.25) is 5.88 Å². The smallest absolute Gasteiger partial charge is 0.437 e. The maximum Gasteiger partial charge on any atom is 0.437 e. The van der Waals surface area contributed by atoms with E-state index in [1.807, 2.05) is 31.0 Å². The van der Waals surface area contributed by atoms with Crippen LogP contribution < -0.4 is 14.8 Å². The van der Waals surface area contributed by atoms with Crippen molar-refractivity contribution in [1.82, 2.24) is 29.5 Å². The summed E-state index contributed by atoms with van der Waals surface area (Å²) in [7, 11) is 4.94. The molecule has 0 aliphatic heterocycles. The van der Waals surface area contributed by atoms with Crippen LogP contribution in [0.5, 0.6) is 11.6 Å². The highest BCUT2D eigenvalue weighted by Crippen LogP contribution is 2.40. The van der Waals surface area contributed by atoms with E-state index in [0.717, 1.165) is 28.0 Å². The number of methoxy groups -OCH3 is 1. The molecule has 1 N–H and O–H groups in total. The van der Waals surface area contributed by atoms with Crippen molar-refractivity contribution in [1.29, 1.82) is 0 Å². The zero-order valence-corrected chi connectivity index (χ0v) is 20.1. The van der Waals surface area contributed by atoms with Crippen LogP contribution >= 0.6 is 0 Å². The van der Waals surface area contributed by atoms with E-state index in [1.165, 1.54) is 19.2 Å². The lowest BCUT2D eigenvalue weighted by Gasteiger charge is -2.30. The number of rotatable bonds is 6. The van der Waals surface area contributed by atoms with Gasteiger partial charge >= 0.3 is 6.18 Å². The summed E-state index contributed by atoms with van der Waals surface area (Å²) in [6.07, 6.45) is 3.06. The minimum atomic E-state index is -4.64. The summed E-state index contributed by atoms with van der Waals surface area (Å²) in [6, 6.07) is 4.68. The third-order valence-electron chi connectivity index (χ3n) is 6.42. The fraction of sp³-hybridized carbons (Fsp3) is 0.417. The van der Waals surface area contributed by atoms with Gasteiger partial charge in [-0.3, -0.25) is 9.36 Å². The van der Waals surface area contributed by atoms with E-state index in [1.54, 1.807) is 17.1 Å². The normalized spacial score (nSPS) is 18.4. The molecule has 0 aromatic carbocycles. The molecule has 1 aliphatic rings. The third-order valence-corrected chi connectivity index (χ3v) is 6.42. The van der Waals surface area contributed by atoms with E-state index in [9.17, 15) is 13.2 Å². The van der Waals surface area contributed by atoms with Crippen molar-refractivity contribution in [3.05, 3.63) is 42.5 Å².